The normalized spacial score (nSPS) is 17.4. The number of amides is 1. The monoisotopic (exact) mass is 398 g/mol. The molecule has 0 N–H and O–H groups in total. The van der Waals surface area contributed by atoms with Crippen LogP contribution in [0.2, 0.25) is 0 Å². The van der Waals surface area contributed by atoms with E-state index in [2.05, 4.69) is 14.8 Å². The van der Waals surface area contributed by atoms with Gasteiger partial charge < -0.3 is 9.80 Å². The van der Waals surface area contributed by atoms with Crippen LogP contribution in [0.25, 0.3) is 0 Å². The number of halogens is 1. The summed E-state index contributed by atoms with van der Waals surface area (Å²) in [5.41, 5.74) is 1.42. The highest BCUT2D eigenvalue weighted by molar-refractivity contribution is 5.94. The molecule has 1 amide bonds. The summed E-state index contributed by atoms with van der Waals surface area (Å²) in [6.07, 6.45) is 5.49. The third-order valence-electron chi connectivity index (χ3n) is 5.47. The standard InChI is InChI=1S/C23H31FN4O/c1-26(2)14-15-28(23(29)20-9-11-25-12-10-20)17-19-6-5-13-27(16-19)18-21-7-3-4-8-22(21)24/h3-4,7-12,19H,5-6,13-18H2,1-2H3/t19-/m0/s1. The lowest BCUT2D eigenvalue weighted by Gasteiger charge is -2.36. The van der Waals surface area contributed by atoms with Gasteiger partial charge >= 0.3 is 0 Å². The second kappa shape index (κ2) is 10.5. The van der Waals surface area contributed by atoms with Gasteiger partial charge in [-0.3, -0.25) is 14.7 Å². The summed E-state index contributed by atoms with van der Waals surface area (Å²) in [4.78, 5) is 23.5. The molecule has 6 heteroatoms. The van der Waals surface area contributed by atoms with Crippen LogP contribution in [0.4, 0.5) is 4.39 Å². The minimum atomic E-state index is -0.143. The summed E-state index contributed by atoms with van der Waals surface area (Å²) in [5, 5.41) is 0. The molecule has 0 bridgehead atoms. The van der Waals surface area contributed by atoms with Crippen LogP contribution in [0.5, 0.6) is 0 Å². The number of likely N-dealkylation sites (tertiary alicyclic amines) is 1. The van der Waals surface area contributed by atoms with Gasteiger partial charge in [0.05, 0.1) is 0 Å². The molecule has 0 saturated carbocycles. The van der Waals surface area contributed by atoms with Crippen molar-refractivity contribution >= 4 is 5.91 Å². The van der Waals surface area contributed by atoms with Crippen molar-refractivity contribution in [3.05, 3.63) is 65.7 Å². The molecule has 1 fully saturated rings. The maximum absolute atomic E-state index is 14.0. The van der Waals surface area contributed by atoms with Crippen LogP contribution in [-0.4, -0.2) is 72.4 Å². The first-order chi connectivity index (χ1) is 14.0. The van der Waals surface area contributed by atoms with Gasteiger partial charge in [-0.25, -0.2) is 4.39 Å². The molecule has 1 aliphatic heterocycles. The molecular formula is C23H31FN4O. The molecule has 0 spiro atoms. The zero-order valence-electron chi connectivity index (χ0n) is 17.4. The number of hydrogen-bond acceptors (Lipinski definition) is 4. The summed E-state index contributed by atoms with van der Waals surface area (Å²) in [7, 11) is 4.04. The Bertz CT molecular complexity index is 783. The number of piperidine rings is 1. The van der Waals surface area contributed by atoms with Crippen molar-refractivity contribution < 1.29 is 9.18 Å². The Morgan fingerprint density at radius 2 is 1.93 bits per heavy atom. The fourth-order valence-electron chi connectivity index (χ4n) is 3.90. The van der Waals surface area contributed by atoms with Crippen molar-refractivity contribution in [3.63, 3.8) is 0 Å². The van der Waals surface area contributed by atoms with E-state index in [0.29, 0.717) is 24.6 Å². The molecule has 1 atom stereocenters. The van der Waals surface area contributed by atoms with E-state index in [0.717, 1.165) is 44.6 Å². The number of carbonyl (C=O) groups excluding carboxylic acids is 1. The number of nitrogens with zero attached hydrogens (tertiary/aromatic N) is 4. The molecular weight excluding hydrogens is 367 g/mol. The summed E-state index contributed by atoms with van der Waals surface area (Å²) < 4.78 is 14.0. The number of benzene rings is 1. The van der Waals surface area contributed by atoms with Crippen LogP contribution in [0, 0.1) is 11.7 Å². The zero-order chi connectivity index (χ0) is 20.6. The third-order valence-corrected chi connectivity index (χ3v) is 5.47. The van der Waals surface area contributed by atoms with Gasteiger partial charge in [0.15, 0.2) is 0 Å². The largest absolute Gasteiger partial charge is 0.337 e. The molecule has 5 nitrogen and oxygen atoms in total. The number of aromatic nitrogens is 1. The van der Waals surface area contributed by atoms with Gasteiger partial charge in [0.2, 0.25) is 0 Å². The van der Waals surface area contributed by atoms with E-state index < -0.39 is 0 Å². The molecule has 1 saturated heterocycles. The Hall–Kier alpha value is -2.31. The van der Waals surface area contributed by atoms with Gasteiger partial charge in [-0.2, -0.15) is 0 Å². The van der Waals surface area contributed by atoms with Crippen LogP contribution in [0.3, 0.4) is 0 Å². The van der Waals surface area contributed by atoms with Crippen LogP contribution in [0.15, 0.2) is 48.8 Å². The third kappa shape index (κ3) is 6.34. The molecule has 1 aromatic carbocycles. The van der Waals surface area contributed by atoms with Crippen LogP contribution in [0.1, 0.15) is 28.8 Å². The first-order valence-electron chi connectivity index (χ1n) is 10.3. The van der Waals surface area contributed by atoms with E-state index in [-0.39, 0.29) is 11.7 Å². The van der Waals surface area contributed by atoms with Crippen LogP contribution in [-0.2, 0) is 6.54 Å². The van der Waals surface area contributed by atoms with Gasteiger partial charge in [-0.1, -0.05) is 18.2 Å². The number of carbonyl (C=O) groups is 1. The van der Waals surface area contributed by atoms with Crippen molar-refractivity contribution in [1.29, 1.82) is 0 Å². The topological polar surface area (TPSA) is 39.7 Å². The summed E-state index contributed by atoms with van der Waals surface area (Å²) in [6.45, 7) is 4.72. The zero-order valence-corrected chi connectivity index (χ0v) is 17.4. The summed E-state index contributed by atoms with van der Waals surface area (Å²) in [5.74, 6) is 0.305. The summed E-state index contributed by atoms with van der Waals surface area (Å²) in [6, 6.07) is 10.5. The molecule has 156 valence electrons. The van der Waals surface area contributed by atoms with Crippen LogP contribution >= 0.6 is 0 Å². The molecule has 3 rings (SSSR count). The Morgan fingerprint density at radius 3 is 2.66 bits per heavy atom. The smallest absolute Gasteiger partial charge is 0.254 e. The number of hydrogen-bond donors (Lipinski definition) is 0. The van der Waals surface area contributed by atoms with E-state index in [1.54, 1.807) is 30.6 Å². The average molecular weight is 399 g/mol. The van der Waals surface area contributed by atoms with E-state index in [1.165, 1.54) is 6.07 Å². The predicted octanol–water partition coefficient (Wildman–Crippen LogP) is 3.14. The minimum Gasteiger partial charge on any atom is -0.337 e. The van der Waals surface area contributed by atoms with Crippen molar-refractivity contribution in [2.75, 3.05) is 46.8 Å². The van der Waals surface area contributed by atoms with Crippen molar-refractivity contribution in [2.24, 2.45) is 5.92 Å². The maximum atomic E-state index is 14.0. The van der Waals surface area contributed by atoms with E-state index in [4.69, 9.17) is 0 Å². The van der Waals surface area contributed by atoms with Crippen molar-refractivity contribution in [3.8, 4) is 0 Å². The predicted molar refractivity (Wildman–Crippen MR) is 113 cm³/mol. The van der Waals surface area contributed by atoms with E-state index >= 15 is 0 Å². The fraction of sp³-hybridized carbons (Fsp3) is 0.478. The lowest BCUT2D eigenvalue weighted by molar-refractivity contribution is 0.0660. The van der Waals surface area contributed by atoms with Gasteiger partial charge in [0.25, 0.3) is 5.91 Å². The highest BCUT2D eigenvalue weighted by Gasteiger charge is 2.25. The Balaban J connectivity index is 1.64. The Morgan fingerprint density at radius 1 is 1.17 bits per heavy atom. The lowest BCUT2D eigenvalue weighted by atomic mass is 9.96. The molecule has 0 unspecified atom stereocenters. The molecule has 29 heavy (non-hydrogen) atoms. The quantitative estimate of drug-likeness (QED) is 0.685. The molecule has 2 aromatic rings. The molecule has 1 aromatic heterocycles. The van der Waals surface area contributed by atoms with E-state index in [1.807, 2.05) is 31.1 Å². The van der Waals surface area contributed by atoms with Crippen LogP contribution < -0.4 is 0 Å². The summed E-state index contributed by atoms with van der Waals surface area (Å²) >= 11 is 0. The highest BCUT2D eigenvalue weighted by atomic mass is 19.1. The Labute approximate surface area is 173 Å². The minimum absolute atomic E-state index is 0.0560. The van der Waals surface area contributed by atoms with Gasteiger partial charge in [-0.15, -0.1) is 0 Å². The molecule has 1 aliphatic rings. The second-order valence-corrected chi connectivity index (χ2v) is 8.13. The average Bonchev–Trinajstić information content (AvgIpc) is 2.73. The van der Waals surface area contributed by atoms with Gasteiger partial charge in [0, 0.05) is 56.2 Å². The number of pyridine rings is 1. The lowest BCUT2D eigenvalue weighted by Crippen LogP contribution is -2.44. The Kier molecular flexibility index (Phi) is 7.72. The SMILES string of the molecule is CN(C)CCN(C[C@H]1CCCN(Cc2ccccc2F)C1)C(=O)c1ccncc1. The fourth-order valence-corrected chi connectivity index (χ4v) is 3.90. The van der Waals surface area contributed by atoms with Gasteiger partial charge in [0.1, 0.15) is 5.82 Å². The molecule has 0 radical (unpaired) electrons. The maximum Gasteiger partial charge on any atom is 0.254 e. The van der Waals surface area contributed by atoms with Crippen molar-refractivity contribution in [2.45, 2.75) is 19.4 Å². The molecule has 0 aliphatic carbocycles. The first kappa shape index (κ1) is 21.4. The number of rotatable bonds is 8. The van der Waals surface area contributed by atoms with E-state index in [9.17, 15) is 9.18 Å². The van der Waals surface area contributed by atoms with Crippen molar-refractivity contribution in [1.82, 2.24) is 19.7 Å². The second-order valence-electron chi connectivity index (χ2n) is 8.13. The number of likely N-dealkylation sites (N-methyl/N-ethyl adjacent to an activating group) is 1. The molecule has 2 heterocycles. The highest BCUT2D eigenvalue weighted by Crippen LogP contribution is 2.21. The first-order valence-corrected chi connectivity index (χ1v) is 10.3. The van der Waals surface area contributed by atoms with Gasteiger partial charge in [-0.05, 0) is 57.6 Å².